The molecule has 0 aliphatic rings. The Labute approximate surface area is 113 Å². The highest BCUT2D eigenvalue weighted by atomic mass is 79.9. The van der Waals surface area contributed by atoms with Crippen molar-refractivity contribution < 1.29 is 4.79 Å². The predicted molar refractivity (Wildman–Crippen MR) is 68.8 cm³/mol. The molecule has 0 spiro atoms. The Morgan fingerprint density at radius 2 is 2.22 bits per heavy atom. The van der Waals surface area contributed by atoms with E-state index < -0.39 is 0 Å². The standard InChI is InChI=1S/C11H12BrN5O/c1-2-17-7-8(3-16-17)11(18)15-5-9-4-14-10(12)6-13-9/h3-4,6-7H,2,5H2,1H3,(H,15,18). The van der Waals surface area contributed by atoms with Crippen LogP contribution in [-0.4, -0.2) is 25.7 Å². The highest BCUT2D eigenvalue weighted by Gasteiger charge is 2.08. The maximum Gasteiger partial charge on any atom is 0.254 e. The molecule has 6 nitrogen and oxygen atoms in total. The first kappa shape index (κ1) is 12.7. The fourth-order valence-corrected chi connectivity index (χ4v) is 1.56. The Morgan fingerprint density at radius 3 is 2.83 bits per heavy atom. The molecule has 2 heterocycles. The van der Waals surface area contributed by atoms with Crippen LogP contribution in [0, 0.1) is 0 Å². The molecule has 2 aromatic rings. The molecule has 0 saturated heterocycles. The van der Waals surface area contributed by atoms with Gasteiger partial charge in [0.25, 0.3) is 5.91 Å². The van der Waals surface area contributed by atoms with Gasteiger partial charge in [-0.2, -0.15) is 5.10 Å². The van der Waals surface area contributed by atoms with Gasteiger partial charge in [-0.15, -0.1) is 0 Å². The zero-order chi connectivity index (χ0) is 13.0. The van der Waals surface area contributed by atoms with Crippen LogP contribution < -0.4 is 5.32 Å². The summed E-state index contributed by atoms with van der Waals surface area (Å²) in [6.45, 7) is 3.05. The van der Waals surface area contributed by atoms with Crippen LogP contribution in [0.1, 0.15) is 23.0 Å². The van der Waals surface area contributed by atoms with Crippen LogP contribution in [0.15, 0.2) is 29.4 Å². The molecule has 0 fully saturated rings. The van der Waals surface area contributed by atoms with Crippen molar-refractivity contribution in [2.45, 2.75) is 20.0 Å². The number of aromatic nitrogens is 4. The van der Waals surface area contributed by atoms with E-state index in [-0.39, 0.29) is 5.91 Å². The average Bonchev–Trinajstić information content (AvgIpc) is 2.86. The van der Waals surface area contributed by atoms with Crippen LogP contribution >= 0.6 is 15.9 Å². The second-order valence-corrected chi connectivity index (χ2v) is 4.41. The summed E-state index contributed by atoms with van der Waals surface area (Å²) in [5, 5.41) is 6.81. The Kier molecular flexibility index (Phi) is 4.03. The van der Waals surface area contributed by atoms with Gasteiger partial charge in [0.15, 0.2) is 0 Å². The fourth-order valence-electron chi connectivity index (χ4n) is 1.36. The molecule has 2 rings (SSSR count). The number of hydrogen-bond donors (Lipinski definition) is 1. The van der Waals surface area contributed by atoms with E-state index >= 15 is 0 Å². The van der Waals surface area contributed by atoms with Crippen LogP contribution in [0.2, 0.25) is 0 Å². The van der Waals surface area contributed by atoms with E-state index in [1.807, 2.05) is 6.92 Å². The second-order valence-electron chi connectivity index (χ2n) is 3.60. The van der Waals surface area contributed by atoms with E-state index in [0.717, 1.165) is 6.54 Å². The molecular weight excluding hydrogens is 298 g/mol. The number of carbonyl (C=O) groups is 1. The number of halogens is 1. The lowest BCUT2D eigenvalue weighted by Gasteiger charge is -2.02. The van der Waals surface area contributed by atoms with Crippen molar-refractivity contribution in [2.24, 2.45) is 0 Å². The van der Waals surface area contributed by atoms with E-state index in [1.165, 1.54) is 0 Å². The lowest BCUT2D eigenvalue weighted by Crippen LogP contribution is -2.23. The van der Waals surface area contributed by atoms with Crippen molar-refractivity contribution in [3.8, 4) is 0 Å². The summed E-state index contributed by atoms with van der Waals surface area (Å²) < 4.78 is 2.37. The van der Waals surface area contributed by atoms with E-state index in [2.05, 4.69) is 36.3 Å². The molecule has 0 saturated carbocycles. The molecule has 18 heavy (non-hydrogen) atoms. The van der Waals surface area contributed by atoms with Gasteiger partial charge in [-0.05, 0) is 22.9 Å². The van der Waals surface area contributed by atoms with E-state index in [0.29, 0.717) is 22.4 Å². The Hall–Kier alpha value is -1.76. The number of nitrogens with zero attached hydrogens (tertiary/aromatic N) is 4. The van der Waals surface area contributed by atoms with E-state index in [4.69, 9.17) is 0 Å². The van der Waals surface area contributed by atoms with Gasteiger partial charge in [-0.25, -0.2) is 4.98 Å². The van der Waals surface area contributed by atoms with Crippen molar-refractivity contribution >= 4 is 21.8 Å². The fraction of sp³-hybridized carbons (Fsp3) is 0.273. The van der Waals surface area contributed by atoms with E-state index in [9.17, 15) is 4.79 Å². The van der Waals surface area contributed by atoms with Gasteiger partial charge >= 0.3 is 0 Å². The Morgan fingerprint density at radius 1 is 1.39 bits per heavy atom. The molecule has 0 atom stereocenters. The topological polar surface area (TPSA) is 72.7 Å². The summed E-state index contributed by atoms with van der Waals surface area (Å²) in [7, 11) is 0. The number of carbonyl (C=O) groups excluding carboxylic acids is 1. The zero-order valence-electron chi connectivity index (χ0n) is 9.80. The summed E-state index contributed by atoms with van der Waals surface area (Å²) in [6.07, 6.45) is 6.46. The summed E-state index contributed by atoms with van der Waals surface area (Å²) in [5.74, 6) is -0.167. The number of amides is 1. The minimum absolute atomic E-state index is 0.167. The van der Waals surface area contributed by atoms with Crippen molar-refractivity contribution in [2.75, 3.05) is 0 Å². The minimum atomic E-state index is -0.167. The lowest BCUT2D eigenvalue weighted by atomic mass is 10.3. The molecule has 2 aromatic heterocycles. The molecule has 1 amide bonds. The number of hydrogen-bond acceptors (Lipinski definition) is 4. The summed E-state index contributed by atoms with van der Waals surface area (Å²) in [6, 6.07) is 0. The monoisotopic (exact) mass is 309 g/mol. The molecular formula is C11H12BrN5O. The molecule has 94 valence electrons. The zero-order valence-corrected chi connectivity index (χ0v) is 11.4. The largest absolute Gasteiger partial charge is 0.346 e. The first-order valence-corrected chi connectivity index (χ1v) is 6.25. The number of rotatable bonds is 4. The minimum Gasteiger partial charge on any atom is -0.346 e. The van der Waals surface area contributed by atoms with Gasteiger partial charge in [-0.1, -0.05) is 0 Å². The van der Waals surface area contributed by atoms with Gasteiger partial charge in [0.1, 0.15) is 4.60 Å². The Balaban J connectivity index is 1.93. The second kappa shape index (κ2) is 5.72. The van der Waals surface area contributed by atoms with Crippen molar-refractivity contribution in [3.63, 3.8) is 0 Å². The number of nitrogens with one attached hydrogen (secondary N) is 1. The van der Waals surface area contributed by atoms with Crippen LogP contribution in [-0.2, 0) is 13.1 Å². The predicted octanol–water partition coefficient (Wildman–Crippen LogP) is 1.39. The van der Waals surface area contributed by atoms with Gasteiger partial charge in [-0.3, -0.25) is 14.5 Å². The SMILES string of the molecule is CCn1cc(C(=O)NCc2cnc(Br)cn2)cn1. The third-order valence-corrected chi connectivity index (χ3v) is 2.73. The maximum atomic E-state index is 11.8. The molecule has 0 aliphatic carbocycles. The first-order chi connectivity index (χ1) is 8.69. The van der Waals surface area contributed by atoms with Gasteiger partial charge in [0.2, 0.25) is 0 Å². The van der Waals surface area contributed by atoms with Crippen LogP contribution in [0.4, 0.5) is 0 Å². The van der Waals surface area contributed by atoms with Gasteiger partial charge < -0.3 is 5.32 Å². The van der Waals surface area contributed by atoms with Crippen LogP contribution in [0.5, 0.6) is 0 Å². The van der Waals surface area contributed by atoms with Crippen molar-refractivity contribution in [3.05, 3.63) is 40.6 Å². The van der Waals surface area contributed by atoms with Gasteiger partial charge in [0, 0.05) is 12.7 Å². The molecule has 7 heteroatoms. The summed E-state index contributed by atoms with van der Waals surface area (Å²) in [5.41, 5.74) is 1.25. The molecule has 0 aliphatic heterocycles. The highest BCUT2D eigenvalue weighted by Crippen LogP contribution is 2.03. The molecule has 0 unspecified atom stereocenters. The molecule has 0 bridgehead atoms. The molecule has 1 N–H and O–H groups in total. The maximum absolute atomic E-state index is 11.8. The van der Waals surface area contributed by atoms with Crippen LogP contribution in [0.25, 0.3) is 0 Å². The highest BCUT2D eigenvalue weighted by molar-refractivity contribution is 9.10. The first-order valence-electron chi connectivity index (χ1n) is 5.46. The molecule has 0 aromatic carbocycles. The smallest absolute Gasteiger partial charge is 0.254 e. The summed E-state index contributed by atoms with van der Waals surface area (Å²) >= 11 is 3.20. The summed E-state index contributed by atoms with van der Waals surface area (Å²) in [4.78, 5) is 19.9. The number of aryl methyl sites for hydroxylation is 1. The van der Waals surface area contributed by atoms with Crippen molar-refractivity contribution in [1.29, 1.82) is 0 Å². The third-order valence-electron chi connectivity index (χ3n) is 2.32. The van der Waals surface area contributed by atoms with E-state index in [1.54, 1.807) is 29.5 Å². The van der Waals surface area contributed by atoms with Crippen molar-refractivity contribution in [1.82, 2.24) is 25.1 Å². The quantitative estimate of drug-likeness (QED) is 0.926. The third kappa shape index (κ3) is 3.13. The average molecular weight is 310 g/mol. The normalized spacial score (nSPS) is 10.3. The molecule has 0 radical (unpaired) electrons. The Bertz CT molecular complexity index is 537. The lowest BCUT2D eigenvalue weighted by molar-refractivity contribution is 0.0950. The van der Waals surface area contributed by atoms with Crippen LogP contribution in [0.3, 0.4) is 0 Å². The van der Waals surface area contributed by atoms with Gasteiger partial charge in [0.05, 0.1) is 36.4 Å².